The maximum atomic E-state index is 13.0. The molecule has 4 rings (SSSR count). The van der Waals surface area contributed by atoms with Crippen molar-refractivity contribution < 1.29 is 23.1 Å². The summed E-state index contributed by atoms with van der Waals surface area (Å²) in [6.45, 7) is 0.443. The maximum Gasteiger partial charge on any atom is 0.317 e. The Labute approximate surface area is 150 Å². The fraction of sp³-hybridized carbons (Fsp3) is 0.412. The molecule has 138 valence electrons. The summed E-state index contributed by atoms with van der Waals surface area (Å²) in [6, 6.07) is 6.28. The number of hydrogen-bond donors (Lipinski definition) is 2. The number of carbonyl (C=O) groups is 2. The van der Waals surface area contributed by atoms with Crippen molar-refractivity contribution in [3.8, 4) is 0 Å². The zero-order chi connectivity index (χ0) is 18.5. The first-order chi connectivity index (χ1) is 12.3. The van der Waals surface area contributed by atoms with Crippen molar-refractivity contribution in [2.24, 2.45) is 0 Å². The quantitative estimate of drug-likeness (QED) is 0.789. The highest BCUT2D eigenvalue weighted by molar-refractivity contribution is 7.91. The molecule has 0 spiro atoms. The molecule has 2 saturated heterocycles. The van der Waals surface area contributed by atoms with Gasteiger partial charge in [-0.05, 0) is 23.6 Å². The Morgan fingerprint density at radius 3 is 2.69 bits per heavy atom. The zero-order valence-corrected chi connectivity index (χ0v) is 14.8. The molecule has 2 aromatic rings. The number of fused-ring (bicyclic) bond motifs is 2. The number of aliphatic carboxylic acids is 1. The lowest BCUT2D eigenvalue weighted by molar-refractivity contribution is -0.139. The van der Waals surface area contributed by atoms with Crippen molar-refractivity contribution in [3.05, 3.63) is 36.0 Å². The summed E-state index contributed by atoms with van der Waals surface area (Å²) >= 11 is 0. The van der Waals surface area contributed by atoms with E-state index < -0.39 is 27.9 Å². The summed E-state index contributed by atoms with van der Waals surface area (Å²) in [5.41, 5.74) is 1.34. The van der Waals surface area contributed by atoms with Gasteiger partial charge in [-0.1, -0.05) is 6.07 Å². The van der Waals surface area contributed by atoms with E-state index in [9.17, 15) is 18.0 Å². The molecule has 26 heavy (non-hydrogen) atoms. The molecule has 0 aliphatic carbocycles. The van der Waals surface area contributed by atoms with Gasteiger partial charge in [-0.2, -0.15) is 0 Å². The number of aromatic amines is 1. The first kappa shape index (κ1) is 17.0. The molecular formula is C17H19N3O5S. The molecule has 0 bridgehead atoms. The van der Waals surface area contributed by atoms with Crippen LogP contribution in [0, 0.1) is 0 Å². The van der Waals surface area contributed by atoms with E-state index in [0.29, 0.717) is 18.7 Å². The molecule has 0 radical (unpaired) electrons. The Hall–Kier alpha value is -2.39. The lowest BCUT2D eigenvalue weighted by Gasteiger charge is -2.43. The smallest absolute Gasteiger partial charge is 0.317 e. The highest BCUT2D eigenvalue weighted by Crippen LogP contribution is 2.28. The minimum Gasteiger partial charge on any atom is -0.480 e. The lowest BCUT2D eigenvalue weighted by atomic mass is 10.0. The summed E-state index contributed by atoms with van der Waals surface area (Å²) in [5, 5.41) is 10.1. The Bertz CT molecular complexity index is 983. The number of benzene rings is 1. The molecule has 1 amide bonds. The monoisotopic (exact) mass is 377 g/mol. The van der Waals surface area contributed by atoms with Gasteiger partial charge in [-0.15, -0.1) is 0 Å². The van der Waals surface area contributed by atoms with Crippen molar-refractivity contribution in [3.63, 3.8) is 0 Å². The van der Waals surface area contributed by atoms with Crippen molar-refractivity contribution >= 4 is 32.6 Å². The third-order valence-corrected chi connectivity index (χ3v) is 6.89. The number of nitrogens with zero attached hydrogens (tertiary/aromatic N) is 2. The van der Waals surface area contributed by atoms with Gasteiger partial charge in [0.25, 0.3) is 5.91 Å². The van der Waals surface area contributed by atoms with Crippen LogP contribution < -0.4 is 0 Å². The van der Waals surface area contributed by atoms with E-state index >= 15 is 0 Å². The molecule has 8 nitrogen and oxygen atoms in total. The van der Waals surface area contributed by atoms with Crippen LogP contribution in [0.2, 0.25) is 0 Å². The van der Waals surface area contributed by atoms with E-state index in [1.165, 1.54) is 0 Å². The Morgan fingerprint density at radius 2 is 1.92 bits per heavy atom. The number of carbonyl (C=O) groups excluding carboxylic acids is 1. The van der Waals surface area contributed by atoms with Gasteiger partial charge in [-0.3, -0.25) is 14.5 Å². The number of carboxylic acid groups (broad SMARTS) is 1. The summed E-state index contributed by atoms with van der Waals surface area (Å²) in [4.78, 5) is 30.4. The summed E-state index contributed by atoms with van der Waals surface area (Å²) in [5.74, 6) is -1.44. The van der Waals surface area contributed by atoms with E-state index in [1.807, 2.05) is 12.1 Å². The summed E-state index contributed by atoms with van der Waals surface area (Å²) < 4.78 is 24.3. The highest BCUT2D eigenvalue weighted by Gasteiger charge is 2.48. The molecule has 2 fully saturated rings. The van der Waals surface area contributed by atoms with Gasteiger partial charge < -0.3 is 15.0 Å². The van der Waals surface area contributed by atoms with Crippen LogP contribution in [-0.4, -0.2) is 83.4 Å². The van der Waals surface area contributed by atoms with Crippen molar-refractivity contribution in [2.75, 3.05) is 31.1 Å². The molecule has 9 heteroatoms. The van der Waals surface area contributed by atoms with Crippen LogP contribution in [0.25, 0.3) is 10.9 Å². The molecular weight excluding hydrogens is 358 g/mol. The van der Waals surface area contributed by atoms with E-state index in [2.05, 4.69) is 4.98 Å². The van der Waals surface area contributed by atoms with Crippen LogP contribution in [0.5, 0.6) is 0 Å². The van der Waals surface area contributed by atoms with Crippen molar-refractivity contribution in [2.45, 2.75) is 12.1 Å². The number of amides is 1. The van der Waals surface area contributed by atoms with Gasteiger partial charge in [0.2, 0.25) is 0 Å². The van der Waals surface area contributed by atoms with E-state index in [-0.39, 0.29) is 24.0 Å². The highest BCUT2D eigenvalue weighted by atomic mass is 32.2. The summed E-state index contributed by atoms with van der Waals surface area (Å²) in [6.07, 6.45) is 1.79. The number of sulfone groups is 1. The predicted octanol–water partition coefficient (Wildman–Crippen LogP) is 0.176. The van der Waals surface area contributed by atoms with Crippen LogP contribution in [0.15, 0.2) is 30.5 Å². The van der Waals surface area contributed by atoms with E-state index in [1.54, 1.807) is 28.1 Å². The van der Waals surface area contributed by atoms with E-state index in [0.717, 1.165) is 10.9 Å². The first-order valence-corrected chi connectivity index (χ1v) is 10.2. The number of H-pyrrole nitrogens is 1. The molecule has 0 saturated carbocycles. The Balaban J connectivity index is 1.63. The van der Waals surface area contributed by atoms with Gasteiger partial charge in [0.1, 0.15) is 0 Å². The molecule has 2 aliphatic rings. The molecule has 0 unspecified atom stereocenters. The largest absolute Gasteiger partial charge is 0.480 e. The van der Waals surface area contributed by atoms with Gasteiger partial charge in [-0.25, -0.2) is 8.42 Å². The lowest BCUT2D eigenvalue weighted by Crippen LogP contribution is -2.61. The fourth-order valence-corrected chi connectivity index (χ4v) is 6.01. The first-order valence-electron chi connectivity index (χ1n) is 8.38. The minimum atomic E-state index is -3.31. The molecule has 1 aromatic heterocycles. The Morgan fingerprint density at radius 1 is 1.15 bits per heavy atom. The second-order valence-electron chi connectivity index (χ2n) is 6.85. The normalized spacial score (nSPS) is 25.3. The zero-order valence-electron chi connectivity index (χ0n) is 14.0. The second-order valence-corrected chi connectivity index (χ2v) is 9.01. The average Bonchev–Trinajstić information content (AvgIpc) is 3.16. The SMILES string of the molecule is O=C(O)CN1CCN(C(=O)c2ccc3cc[nH]c3c2)[C@@H]2CS(=O)(=O)C[C@@H]21. The van der Waals surface area contributed by atoms with Crippen molar-refractivity contribution in [1.29, 1.82) is 0 Å². The summed E-state index contributed by atoms with van der Waals surface area (Å²) in [7, 11) is -3.31. The third kappa shape index (κ3) is 2.97. The number of rotatable bonds is 3. The fourth-order valence-electron chi connectivity index (χ4n) is 3.99. The van der Waals surface area contributed by atoms with Crippen LogP contribution in [0.4, 0.5) is 0 Å². The number of aromatic nitrogens is 1. The van der Waals surface area contributed by atoms with Crippen LogP contribution in [-0.2, 0) is 14.6 Å². The Kier molecular flexibility index (Phi) is 4.00. The average molecular weight is 377 g/mol. The minimum absolute atomic E-state index is 0.107. The van der Waals surface area contributed by atoms with Crippen LogP contribution >= 0.6 is 0 Å². The number of nitrogens with one attached hydrogen (secondary N) is 1. The second kappa shape index (κ2) is 6.10. The molecule has 1 aromatic carbocycles. The van der Waals surface area contributed by atoms with Crippen LogP contribution in [0.3, 0.4) is 0 Å². The van der Waals surface area contributed by atoms with Gasteiger partial charge in [0.05, 0.1) is 24.1 Å². The molecule has 2 atom stereocenters. The molecule has 2 N–H and O–H groups in total. The predicted molar refractivity (Wildman–Crippen MR) is 94.8 cm³/mol. The molecule has 3 heterocycles. The van der Waals surface area contributed by atoms with Gasteiger partial charge in [0.15, 0.2) is 9.84 Å². The third-order valence-electron chi connectivity index (χ3n) is 5.19. The van der Waals surface area contributed by atoms with Gasteiger partial charge in [0, 0.05) is 36.4 Å². The maximum absolute atomic E-state index is 13.0. The number of hydrogen-bond acceptors (Lipinski definition) is 5. The van der Waals surface area contributed by atoms with Crippen LogP contribution in [0.1, 0.15) is 10.4 Å². The standard InChI is InChI=1S/C17H19N3O5S/c21-16(22)8-19-5-6-20(15-10-26(24,25)9-14(15)19)17(23)12-2-1-11-3-4-18-13(11)7-12/h1-4,7,14-15,18H,5-6,8-10H2,(H,21,22)/t14-,15+/m0/s1. The number of carboxylic acids is 1. The van der Waals surface area contributed by atoms with Gasteiger partial charge >= 0.3 is 5.97 Å². The molecule has 2 aliphatic heterocycles. The topological polar surface area (TPSA) is 111 Å². The van der Waals surface area contributed by atoms with E-state index in [4.69, 9.17) is 5.11 Å². The number of piperazine rings is 1. The van der Waals surface area contributed by atoms with Crippen molar-refractivity contribution in [1.82, 2.24) is 14.8 Å².